The topological polar surface area (TPSA) is 147 Å². The molecule has 0 fully saturated rings. The predicted octanol–water partition coefficient (Wildman–Crippen LogP) is 4.02. The van der Waals surface area contributed by atoms with Crippen LogP contribution in [0.2, 0.25) is 0 Å². The highest BCUT2D eigenvalue weighted by Crippen LogP contribution is 2.33. The van der Waals surface area contributed by atoms with Crippen molar-refractivity contribution >= 4 is 30.0 Å². The fraction of sp³-hybridized carbons (Fsp3) is 0.414. The summed E-state index contributed by atoms with van der Waals surface area (Å²) < 4.78 is 43.1. The Kier molecular flexibility index (Phi) is 13.8. The van der Waals surface area contributed by atoms with E-state index >= 15 is 0 Å². The maximum Gasteiger partial charge on any atom is 0.418 e. The molecule has 0 saturated heterocycles. The van der Waals surface area contributed by atoms with Crippen LogP contribution in [0.3, 0.4) is 0 Å². The highest BCUT2D eigenvalue weighted by atomic mass is 19.4. The molecular weight excluding hydrogens is 559 g/mol. The van der Waals surface area contributed by atoms with Crippen LogP contribution in [0.1, 0.15) is 97.1 Å². The quantitative estimate of drug-likeness (QED) is 0.295. The van der Waals surface area contributed by atoms with Gasteiger partial charge in [0, 0.05) is 49.4 Å². The number of primary amides is 1. The molecule has 0 aliphatic rings. The number of esters is 1. The zero-order chi connectivity index (χ0) is 32.2. The van der Waals surface area contributed by atoms with E-state index in [0.29, 0.717) is 31.4 Å². The molecule has 0 aliphatic heterocycles. The molecule has 1 unspecified atom stereocenters. The second kappa shape index (κ2) is 16.2. The first-order valence-electron chi connectivity index (χ1n) is 13.1. The van der Waals surface area contributed by atoms with Gasteiger partial charge in [0.25, 0.3) is 11.8 Å². The third-order valence-corrected chi connectivity index (χ3v) is 5.77. The van der Waals surface area contributed by atoms with Crippen LogP contribution in [0.4, 0.5) is 13.2 Å². The number of carbonyl (C=O) groups excluding carboxylic acids is 5. The van der Waals surface area contributed by atoms with Gasteiger partial charge in [-0.15, -0.1) is 0 Å². The minimum atomic E-state index is -4.91. The van der Waals surface area contributed by atoms with Gasteiger partial charge in [-0.05, 0) is 61.7 Å². The third-order valence-electron chi connectivity index (χ3n) is 5.77. The highest BCUT2D eigenvalue weighted by molar-refractivity contribution is 6.01. The van der Waals surface area contributed by atoms with Crippen LogP contribution in [0.25, 0.3) is 0 Å². The molecule has 3 N–H and O–H groups in total. The van der Waals surface area contributed by atoms with Crippen molar-refractivity contribution in [3.63, 3.8) is 0 Å². The second-order valence-electron chi connectivity index (χ2n) is 9.29. The van der Waals surface area contributed by atoms with Crippen molar-refractivity contribution < 1.29 is 47.0 Å². The van der Waals surface area contributed by atoms with E-state index < -0.39 is 35.6 Å². The van der Waals surface area contributed by atoms with E-state index in [0.717, 1.165) is 18.6 Å². The van der Waals surface area contributed by atoms with Crippen molar-refractivity contribution in [3.05, 3.63) is 69.8 Å². The molecule has 2 aromatic rings. The molecule has 10 nitrogen and oxygen atoms in total. The minimum absolute atomic E-state index is 0.0316. The maximum atomic E-state index is 12.8. The Hall–Kier alpha value is -4.26. The Labute approximate surface area is 242 Å². The van der Waals surface area contributed by atoms with Gasteiger partial charge < -0.3 is 25.4 Å². The SMILES string of the molecule is CCCN(C)C(=O)c1cc(C(=O)OCC)cc(C(O)C(F)(F)F)c1.CCCN(C)C(=O)c1cc(C=O)cc(C(N)=O)c1. The normalized spacial score (nSPS) is 11.5. The van der Waals surface area contributed by atoms with Crippen molar-refractivity contribution in [3.8, 4) is 0 Å². The Balaban J connectivity index is 0.000000437. The standard InChI is InChI=1S/C16H20F3NO4.C13H16N2O3/c1-4-6-20(3)14(22)11-7-10(13(21)16(17,18)19)8-12(9-11)15(23)24-5-2;1-3-4-15(2)13(18)11-6-9(8-16)5-10(7-11)12(14)17/h7-9,13,21H,4-6H2,1-3H3;5-8H,3-4H2,1-2H3,(H2,14,17). The zero-order valence-electron chi connectivity index (χ0n) is 24.2. The number of aliphatic hydroxyl groups excluding tert-OH is 1. The summed E-state index contributed by atoms with van der Waals surface area (Å²) in [6.45, 7) is 6.39. The van der Waals surface area contributed by atoms with Crippen molar-refractivity contribution in [1.82, 2.24) is 9.80 Å². The number of aldehydes is 1. The summed E-state index contributed by atoms with van der Waals surface area (Å²) in [4.78, 5) is 60.9. The fourth-order valence-corrected chi connectivity index (χ4v) is 3.75. The number of benzene rings is 2. The largest absolute Gasteiger partial charge is 0.462 e. The third kappa shape index (κ3) is 10.3. The van der Waals surface area contributed by atoms with E-state index in [1.54, 1.807) is 14.0 Å². The van der Waals surface area contributed by atoms with Gasteiger partial charge in [0.1, 0.15) is 6.29 Å². The molecule has 0 saturated carbocycles. The van der Waals surface area contributed by atoms with E-state index in [-0.39, 0.29) is 34.8 Å². The molecule has 1 atom stereocenters. The van der Waals surface area contributed by atoms with Gasteiger partial charge in [-0.3, -0.25) is 19.2 Å². The number of ether oxygens (including phenoxy) is 1. The van der Waals surface area contributed by atoms with E-state index in [2.05, 4.69) is 0 Å². The number of nitrogens with zero attached hydrogens (tertiary/aromatic N) is 2. The van der Waals surface area contributed by atoms with Gasteiger partial charge in [-0.1, -0.05) is 13.8 Å². The summed E-state index contributed by atoms with van der Waals surface area (Å²) in [7, 11) is 3.17. The predicted molar refractivity (Wildman–Crippen MR) is 148 cm³/mol. The summed E-state index contributed by atoms with van der Waals surface area (Å²) in [6.07, 6.45) is -5.63. The van der Waals surface area contributed by atoms with Crippen LogP contribution in [0.15, 0.2) is 36.4 Å². The first-order valence-corrected chi connectivity index (χ1v) is 13.1. The lowest BCUT2D eigenvalue weighted by molar-refractivity contribution is -0.206. The smallest absolute Gasteiger partial charge is 0.418 e. The Bertz CT molecular complexity index is 1280. The van der Waals surface area contributed by atoms with Gasteiger partial charge in [-0.2, -0.15) is 13.2 Å². The van der Waals surface area contributed by atoms with Crippen LogP contribution in [-0.4, -0.2) is 84.9 Å². The van der Waals surface area contributed by atoms with Gasteiger partial charge >= 0.3 is 12.1 Å². The Morgan fingerprint density at radius 2 is 1.31 bits per heavy atom. The molecule has 0 aromatic heterocycles. The van der Waals surface area contributed by atoms with Crippen LogP contribution >= 0.6 is 0 Å². The molecule has 0 bridgehead atoms. The van der Waals surface area contributed by atoms with Crippen LogP contribution in [0.5, 0.6) is 0 Å². The van der Waals surface area contributed by atoms with E-state index in [9.17, 15) is 42.3 Å². The van der Waals surface area contributed by atoms with Crippen molar-refractivity contribution in [2.45, 2.75) is 45.9 Å². The van der Waals surface area contributed by atoms with E-state index in [1.165, 1.54) is 41.1 Å². The van der Waals surface area contributed by atoms with Crippen LogP contribution in [0, 0.1) is 0 Å². The van der Waals surface area contributed by atoms with Gasteiger partial charge in [0.05, 0.1) is 12.2 Å². The summed E-state index contributed by atoms with van der Waals surface area (Å²) in [5.41, 5.74) is 4.97. The van der Waals surface area contributed by atoms with Crippen LogP contribution in [-0.2, 0) is 4.74 Å². The van der Waals surface area contributed by atoms with Gasteiger partial charge in [0.15, 0.2) is 6.10 Å². The maximum absolute atomic E-state index is 12.8. The fourth-order valence-electron chi connectivity index (χ4n) is 3.75. The molecule has 0 aliphatic carbocycles. The molecule has 0 spiro atoms. The monoisotopic (exact) mass is 595 g/mol. The molecule has 0 radical (unpaired) electrons. The Morgan fingerprint density at radius 3 is 1.74 bits per heavy atom. The first kappa shape index (κ1) is 35.8. The zero-order valence-corrected chi connectivity index (χ0v) is 24.2. The number of amides is 3. The first-order chi connectivity index (χ1) is 19.6. The summed E-state index contributed by atoms with van der Waals surface area (Å²) in [6, 6.07) is 7.21. The molecule has 13 heteroatoms. The number of hydrogen-bond acceptors (Lipinski definition) is 7. The summed E-state index contributed by atoms with van der Waals surface area (Å²) in [5, 5.41) is 9.44. The molecule has 42 heavy (non-hydrogen) atoms. The van der Waals surface area contributed by atoms with Crippen molar-refractivity contribution in [2.75, 3.05) is 33.8 Å². The molecule has 3 amide bonds. The van der Waals surface area contributed by atoms with Crippen molar-refractivity contribution in [2.24, 2.45) is 5.73 Å². The molecular formula is C29H36F3N3O7. The molecule has 230 valence electrons. The number of aliphatic hydroxyl groups is 1. The lowest BCUT2D eigenvalue weighted by atomic mass is 10.0. The number of hydrogen-bond donors (Lipinski definition) is 2. The van der Waals surface area contributed by atoms with Crippen molar-refractivity contribution in [1.29, 1.82) is 0 Å². The second-order valence-corrected chi connectivity index (χ2v) is 9.29. The van der Waals surface area contributed by atoms with E-state index in [1.807, 2.05) is 13.8 Å². The van der Waals surface area contributed by atoms with Crippen LogP contribution < -0.4 is 5.73 Å². The lowest BCUT2D eigenvalue weighted by Gasteiger charge is -2.19. The molecule has 2 aromatic carbocycles. The average Bonchev–Trinajstić information content (AvgIpc) is 2.95. The summed E-state index contributed by atoms with van der Waals surface area (Å²) >= 11 is 0. The minimum Gasteiger partial charge on any atom is -0.462 e. The number of rotatable bonds is 11. The van der Waals surface area contributed by atoms with Gasteiger partial charge in [0.2, 0.25) is 5.91 Å². The van der Waals surface area contributed by atoms with Gasteiger partial charge in [-0.25, -0.2) is 4.79 Å². The number of halogens is 3. The summed E-state index contributed by atoms with van der Waals surface area (Å²) in [5.74, 6) is -2.30. The lowest BCUT2D eigenvalue weighted by Crippen LogP contribution is -2.28. The Morgan fingerprint density at radius 1 is 0.857 bits per heavy atom. The average molecular weight is 596 g/mol. The molecule has 2 rings (SSSR count). The number of nitrogens with two attached hydrogens (primary N) is 1. The number of carbonyl (C=O) groups is 5. The number of alkyl halides is 3. The van der Waals surface area contributed by atoms with E-state index in [4.69, 9.17) is 10.5 Å². The highest BCUT2D eigenvalue weighted by Gasteiger charge is 2.40. The molecule has 0 heterocycles.